The van der Waals surface area contributed by atoms with Crippen LogP contribution in [0, 0.1) is 0 Å². The van der Waals surface area contributed by atoms with E-state index in [1.807, 2.05) is 6.92 Å². The molecule has 1 aliphatic rings. The summed E-state index contributed by atoms with van der Waals surface area (Å²) < 4.78 is 0.537. The topological polar surface area (TPSA) is 29.1 Å². The maximum absolute atomic E-state index is 11.6. The third-order valence-electron chi connectivity index (χ3n) is 2.75. The molecule has 17 heavy (non-hydrogen) atoms. The number of carbonyl (C=O) groups is 1. The van der Waals surface area contributed by atoms with E-state index in [1.165, 1.54) is 17.3 Å². The number of thiocarbonyl (C=S) groups is 1. The van der Waals surface area contributed by atoms with Crippen LogP contribution in [0.1, 0.15) is 25.0 Å². The monoisotopic (exact) mass is 263 g/mol. The van der Waals surface area contributed by atoms with Crippen molar-refractivity contribution in [3.63, 3.8) is 0 Å². The van der Waals surface area contributed by atoms with E-state index in [1.54, 1.807) is 0 Å². The van der Waals surface area contributed by atoms with Gasteiger partial charge in [-0.2, -0.15) is 0 Å². The van der Waals surface area contributed by atoms with E-state index in [4.69, 9.17) is 12.2 Å². The molecule has 0 bridgehead atoms. The third-order valence-corrected chi connectivity index (χ3v) is 4.09. The van der Waals surface area contributed by atoms with E-state index in [-0.39, 0.29) is 5.91 Å². The molecule has 1 aromatic carbocycles. The fourth-order valence-electron chi connectivity index (χ4n) is 1.68. The maximum atomic E-state index is 11.6. The molecular formula is C13H13NOS2. The molecule has 1 fully saturated rings. The van der Waals surface area contributed by atoms with Gasteiger partial charge in [0, 0.05) is 0 Å². The first kappa shape index (κ1) is 12.3. The Labute approximate surface area is 110 Å². The van der Waals surface area contributed by atoms with Gasteiger partial charge in [-0.3, -0.25) is 4.79 Å². The molecule has 1 aromatic rings. The predicted molar refractivity (Wildman–Crippen MR) is 76.7 cm³/mol. The Bertz CT molecular complexity index is 503. The molecular weight excluding hydrogens is 250 g/mol. The minimum Gasteiger partial charge on any atom is -0.307 e. The first-order chi connectivity index (χ1) is 8.11. The lowest BCUT2D eigenvalue weighted by Crippen LogP contribution is -2.18. The maximum Gasteiger partial charge on any atom is 0.263 e. The molecule has 2 nitrogen and oxygen atoms in total. The summed E-state index contributed by atoms with van der Waals surface area (Å²) in [5.74, 6) is -0.0860. The Hall–Kier alpha value is -1.13. The van der Waals surface area contributed by atoms with Gasteiger partial charge in [0.2, 0.25) is 0 Å². The molecule has 1 saturated heterocycles. The van der Waals surface area contributed by atoms with Crippen molar-refractivity contribution in [2.75, 3.05) is 0 Å². The Morgan fingerprint density at radius 2 is 2.00 bits per heavy atom. The fourth-order valence-corrected chi connectivity index (χ4v) is 2.77. The minimum atomic E-state index is -0.0860. The van der Waals surface area contributed by atoms with Gasteiger partial charge in [0.05, 0.1) is 4.91 Å². The Morgan fingerprint density at radius 1 is 1.35 bits per heavy atom. The molecule has 2 rings (SSSR count). The van der Waals surface area contributed by atoms with Crippen LogP contribution >= 0.6 is 24.0 Å². The number of thioether (sulfide) groups is 1. The molecule has 0 aliphatic carbocycles. The molecule has 88 valence electrons. The first-order valence-corrected chi connectivity index (χ1v) is 6.67. The Balaban J connectivity index is 2.35. The zero-order valence-corrected chi connectivity index (χ0v) is 11.4. The lowest BCUT2D eigenvalue weighted by Gasteiger charge is -2.05. The average Bonchev–Trinajstić information content (AvgIpc) is 2.68. The van der Waals surface area contributed by atoms with Crippen LogP contribution in [0.4, 0.5) is 0 Å². The predicted octanol–water partition coefficient (Wildman–Crippen LogP) is 3.13. The van der Waals surface area contributed by atoms with E-state index >= 15 is 0 Å². The molecule has 1 aliphatic heterocycles. The molecule has 0 saturated carbocycles. The average molecular weight is 263 g/mol. The van der Waals surface area contributed by atoms with Gasteiger partial charge in [-0.25, -0.2) is 0 Å². The number of nitrogens with one attached hydrogen (secondary N) is 1. The van der Waals surface area contributed by atoms with E-state index in [0.29, 0.717) is 9.23 Å². The molecule has 0 aromatic heterocycles. The number of allylic oxidation sites excluding steroid dienone is 1. The number of hydrogen-bond acceptors (Lipinski definition) is 3. The third kappa shape index (κ3) is 2.58. The van der Waals surface area contributed by atoms with Crippen molar-refractivity contribution in [1.82, 2.24) is 5.32 Å². The summed E-state index contributed by atoms with van der Waals surface area (Å²) in [6.45, 7) is 4.08. The van der Waals surface area contributed by atoms with Crippen molar-refractivity contribution in [3.05, 3.63) is 40.3 Å². The molecule has 0 unspecified atom stereocenters. The van der Waals surface area contributed by atoms with Crippen LogP contribution in [0.25, 0.3) is 5.57 Å². The Morgan fingerprint density at radius 3 is 2.47 bits per heavy atom. The van der Waals surface area contributed by atoms with E-state index < -0.39 is 0 Å². The summed E-state index contributed by atoms with van der Waals surface area (Å²) in [6, 6.07) is 8.29. The number of amides is 1. The molecule has 1 N–H and O–H groups in total. The van der Waals surface area contributed by atoms with Crippen LogP contribution in [-0.4, -0.2) is 10.2 Å². The van der Waals surface area contributed by atoms with Crippen LogP contribution in [-0.2, 0) is 11.2 Å². The summed E-state index contributed by atoms with van der Waals surface area (Å²) in [4.78, 5) is 12.4. The number of benzene rings is 1. The lowest BCUT2D eigenvalue weighted by atomic mass is 10.0. The molecule has 4 heteroatoms. The van der Waals surface area contributed by atoms with Crippen molar-refractivity contribution < 1.29 is 4.79 Å². The standard InChI is InChI=1S/C13H13NOS2/c1-3-9-4-6-10(7-5-9)8(2)11-12(15)14-13(16)17-11/h4-7H,3H2,1-2H3,(H,14,15,16)/b11-8+. The van der Waals surface area contributed by atoms with Gasteiger partial charge in [-0.15, -0.1) is 0 Å². The normalized spacial score (nSPS) is 18.2. The number of aryl methyl sites for hydroxylation is 1. The van der Waals surface area contributed by atoms with Gasteiger partial charge >= 0.3 is 0 Å². The largest absolute Gasteiger partial charge is 0.307 e. The van der Waals surface area contributed by atoms with Crippen molar-refractivity contribution in [3.8, 4) is 0 Å². The van der Waals surface area contributed by atoms with Gasteiger partial charge in [0.1, 0.15) is 4.32 Å². The van der Waals surface area contributed by atoms with Crippen molar-refractivity contribution in [2.24, 2.45) is 0 Å². The highest BCUT2D eigenvalue weighted by atomic mass is 32.2. The molecule has 0 atom stereocenters. The lowest BCUT2D eigenvalue weighted by molar-refractivity contribution is -0.115. The zero-order valence-electron chi connectivity index (χ0n) is 9.74. The summed E-state index contributed by atoms with van der Waals surface area (Å²) >= 11 is 6.32. The second kappa shape index (κ2) is 5.02. The second-order valence-electron chi connectivity index (χ2n) is 3.85. The minimum absolute atomic E-state index is 0.0860. The van der Waals surface area contributed by atoms with Gasteiger partial charge in [0.25, 0.3) is 5.91 Å². The quantitative estimate of drug-likeness (QED) is 0.656. The summed E-state index contributed by atoms with van der Waals surface area (Å²) in [5, 5.41) is 2.64. The highest BCUT2D eigenvalue weighted by Crippen LogP contribution is 2.31. The van der Waals surface area contributed by atoms with Crippen LogP contribution in [0.2, 0.25) is 0 Å². The van der Waals surface area contributed by atoms with E-state index in [9.17, 15) is 4.79 Å². The number of hydrogen-bond donors (Lipinski definition) is 1. The van der Waals surface area contributed by atoms with E-state index in [0.717, 1.165) is 17.6 Å². The number of rotatable bonds is 2. The second-order valence-corrected chi connectivity index (χ2v) is 5.54. The van der Waals surface area contributed by atoms with Crippen molar-refractivity contribution >= 4 is 39.8 Å². The van der Waals surface area contributed by atoms with Crippen LogP contribution < -0.4 is 5.32 Å². The van der Waals surface area contributed by atoms with Crippen molar-refractivity contribution in [2.45, 2.75) is 20.3 Å². The van der Waals surface area contributed by atoms with Crippen molar-refractivity contribution in [1.29, 1.82) is 0 Å². The molecule has 0 radical (unpaired) electrons. The van der Waals surface area contributed by atoms with Crippen LogP contribution in [0.15, 0.2) is 29.2 Å². The smallest absolute Gasteiger partial charge is 0.263 e. The summed E-state index contributed by atoms with van der Waals surface area (Å²) in [5.41, 5.74) is 3.35. The fraction of sp³-hybridized carbons (Fsp3) is 0.231. The molecule has 1 amide bonds. The molecule has 1 heterocycles. The van der Waals surface area contributed by atoms with Gasteiger partial charge < -0.3 is 5.32 Å². The van der Waals surface area contributed by atoms with Gasteiger partial charge in [-0.05, 0) is 30.0 Å². The summed E-state index contributed by atoms with van der Waals surface area (Å²) in [6.07, 6.45) is 1.02. The highest BCUT2D eigenvalue weighted by Gasteiger charge is 2.24. The first-order valence-electron chi connectivity index (χ1n) is 5.45. The van der Waals surface area contributed by atoms with Crippen LogP contribution in [0.3, 0.4) is 0 Å². The highest BCUT2D eigenvalue weighted by molar-refractivity contribution is 8.26. The number of carbonyl (C=O) groups excluding carboxylic acids is 1. The zero-order chi connectivity index (χ0) is 12.4. The van der Waals surface area contributed by atoms with Gasteiger partial charge in [-0.1, -0.05) is 55.2 Å². The molecule has 0 spiro atoms. The SMILES string of the molecule is CCc1ccc(/C(C)=C2/SC(=S)NC2=O)cc1. The Kier molecular flexibility index (Phi) is 3.64. The van der Waals surface area contributed by atoms with Gasteiger partial charge in [0.15, 0.2) is 0 Å². The summed E-state index contributed by atoms with van der Waals surface area (Å²) in [7, 11) is 0. The van der Waals surface area contributed by atoms with Crippen LogP contribution in [0.5, 0.6) is 0 Å². The van der Waals surface area contributed by atoms with E-state index in [2.05, 4.69) is 36.5 Å².